The second-order valence-corrected chi connectivity index (χ2v) is 4.03. The normalized spacial score (nSPS) is 18.6. The van der Waals surface area contributed by atoms with Gasteiger partial charge in [0.15, 0.2) is 0 Å². The molecule has 82 valence electrons. The number of nitrogens with two attached hydrogens (primary N) is 1. The number of amides is 1. The maximum Gasteiger partial charge on any atom is 0.236 e. The van der Waals surface area contributed by atoms with Crippen LogP contribution in [0, 0.1) is 5.92 Å². The van der Waals surface area contributed by atoms with Crippen LogP contribution in [-0.2, 0) is 4.79 Å². The fourth-order valence-corrected chi connectivity index (χ4v) is 1.67. The van der Waals surface area contributed by atoms with E-state index in [1.165, 1.54) is 0 Å². The lowest BCUT2D eigenvalue weighted by molar-refractivity contribution is -0.131. The van der Waals surface area contributed by atoms with Gasteiger partial charge < -0.3 is 16.0 Å². The summed E-state index contributed by atoms with van der Waals surface area (Å²) < 4.78 is 0. The number of carbonyl (C=O) groups excluding carboxylic acids is 1. The number of rotatable bonds is 4. The topological polar surface area (TPSA) is 58.4 Å². The predicted molar refractivity (Wildman–Crippen MR) is 56.9 cm³/mol. The molecule has 1 heterocycles. The summed E-state index contributed by atoms with van der Waals surface area (Å²) in [7, 11) is 0. The quantitative estimate of drug-likeness (QED) is 0.616. The van der Waals surface area contributed by atoms with Gasteiger partial charge in [0.25, 0.3) is 0 Å². The van der Waals surface area contributed by atoms with Crippen LogP contribution in [0.25, 0.3) is 0 Å². The number of hydrogen-bond acceptors (Lipinski definition) is 3. The standard InChI is InChI=1S/C10H21N3O/c1-9-2-6-13(7-3-9)10(14)8-12-5-4-11/h9,12H,2-8,11H2,1H3. The number of piperidine rings is 1. The van der Waals surface area contributed by atoms with Crippen molar-refractivity contribution in [3.8, 4) is 0 Å². The average molecular weight is 199 g/mol. The Morgan fingerprint density at radius 2 is 2.14 bits per heavy atom. The summed E-state index contributed by atoms with van der Waals surface area (Å²) in [5, 5.41) is 3.03. The van der Waals surface area contributed by atoms with Crippen molar-refractivity contribution < 1.29 is 4.79 Å². The fraction of sp³-hybridized carbons (Fsp3) is 0.900. The van der Waals surface area contributed by atoms with Gasteiger partial charge in [-0.25, -0.2) is 0 Å². The summed E-state index contributed by atoms with van der Waals surface area (Å²) >= 11 is 0. The van der Waals surface area contributed by atoms with Gasteiger partial charge in [-0.2, -0.15) is 0 Å². The Bertz CT molecular complexity index is 176. The molecule has 0 saturated carbocycles. The van der Waals surface area contributed by atoms with Gasteiger partial charge in [-0.3, -0.25) is 4.79 Å². The molecule has 0 aromatic heterocycles. The smallest absolute Gasteiger partial charge is 0.236 e. The third-order valence-corrected chi connectivity index (χ3v) is 2.73. The SMILES string of the molecule is CC1CCN(C(=O)CNCCN)CC1. The van der Waals surface area contributed by atoms with Crippen molar-refractivity contribution >= 4 is 5.91 Å². The lowest BCUT2D eigenvalue weighted by atomic mass is 9.99. The molecule has 1 aliphatic rings. The van der Waals surface area contributed by atoms with E-state index in [-0.39, 0.29) is 5.91 Å². The van der Waals surface area contributed by atoms with E-state index in [4.69, 9.17) is 5.73 Å². The highest BCUT2D eigenvalue weighted by atomic mass is 16.2. The molecule has 0 atom stereocenters. The molecular weight excluding hydrogens is 178 g/mol. The van der Waals surface area contributed by atoms with Crippen LogP contribution in [0.2, 0.25) is 0 Å². The maximum absolute atomic E-state index is 11.6. The Morgan fingerprint density at radius 3 is 2.71 bits per heavy atom. The van der Waals surface area contributed by atoms with E-state index < -0.39 is 0 Å². The first-order valence-corrected chi connectivity index (χ1v) is 5.42. The van der Waals surface area contributed by atoms with E-state index >= 15 is 0 Å². The first kappa shape index (κ1) is 11.5. The second kappa shape index (κ2) is 5.98. The van der Waals surface area contributed by atoms with E-state index in [1.54, 1.807) is 0 Å². The molecule has 0 aromatic carbocycles. The van der Waals surface area contributed by atoms with Gasteiger partial charge in [-0.1, -0.05) is 6.92 Å². The molecule has 4 nitrogen and oxygen atoms in total. The van der Waals surface area contributed by atoms with E-state index in [9.17, 15) is 4.79 Å². The monoisotopic (exact) mass is 199 g/mol. The highest BCUT2D eigenvalue weighted by Crippen LogP contribution is 2.15. The summed E-state index contributed by atoms with van der Waals surface area (Å²) in [6.45, 7) is 5.83. The van der Waals surface area contributed by atoms with Crippen molar-refractivity contribution in [3.63, 3.8) is 0 Å². The van der Waals surface area contributed by atoms with Crippen molar-refractivity contribution in [1.29, 1.82) is 0 Å². The zero-order valence-corrected chi connectivity index (χ0v) is 8.96. The van der Waals surface area contributed by atoms with Crippen LogP contribution in [0.5, 0.6) is 0 Å². The van der Waals surface area contributed by atoms with Crippen LogP contribution in [0.15, 0.2) is 0 Å². The lowest BCUT2D eigenvalue weighted by Gasteiger charge is -2.30. The Morgan fingerprint density at radius 1 is 1.50 bits per heavy atom. The summed E-state index contributed by atoms with van der Waals surface area (Å²) in [6.07, 6.45) is 2.28. The summed E-state index contributed by atoms with van der Waals surface area (Å²) in [4.78, 5) is 13.6. The Kier molecular flexibility index (Phi) is 4.90. The van der Waals surface area contributed by atoms with Gasteiger partial charge in [0.2, 0.25) is 5.91 Å². The molecule has 1 aliphatic heterocycles. The van der Waals surface area contributed by atoms with Crippen LogP contribution in [0.1, 0.15) is 19.8 Å². The molecule has 0 spiro atoms. The van der Waals surface area contributed by atoms with Crippen LogP contribution in [0.3, 0.4) is 0 Å². The number of likely N-dealkylation sites (tertiary alicyclic amines) is 1. The largest absolute Gasteiger partial charge is 0.342 e. The van der Waals surface area contributed by atoms with E-state index in [0.717, 1.165) is 38.4 Å². The minimum absolute atomic E-state index is 0.213. The minimum atomic E-state index is 0.213. The Hall–Kier alpha value is -0.610. The predicted octanol–water partition coefficient (Wildman–Crippen LogP) is -0.207. The lowest BCUT2D eigenvalue weighted by Crippen LogP contribution is -2.43. The van der Waals surface area contributed by atoms with Crippen LogP contribution < -0.4 is 11.1 Å². The molecule has 0 unspecified atom stereocenters. The number of carbonyl (C=O) groups is 1. The van der Waals surface area contributed by atoms with Gasteiger partial charge in [-0.15, -0.1) is 0 Å². The molecule has 4 heteroatoms. The fourth-order valence-electron chi connectivity index (χ4n) is 1.67. The van der Waals surface area contributed by atoms with Crippen molar-refractivity contribution in [2.24, 2.45) is 11.7 Å². The molecular formula is C10H21N3O. The molecule has 0 radical (unpaired) electrons. The van der Waals surface area contributed by atoms with Crippen molar-refractivity contribution in [2.75, 3.05) is 32.7 Å². The average Bonchev–Trinajstić information content (AvgIpc) is 2.19. The molecule has 0 aromatic rings. The third-order valence-electron chi connectivity index (χ3n) is 2.73. The molecule has 1 fully saturated rings. The van der Waals surface area contributed by atoms with Gasteiger partial charge in [0.05, 0.1) is 6.54 Å². The first-order chi connectivity index (χ1) is 6.74. The van der Waals surface area contributed by atoms with Gasteiger partial charge in [0.1, 0.15) is 0 Å². The molecule has 1 rings (SSSR count). The highest BCUT2D eigenvalue weighted by Gasteiger charge is 2.19. The molecule has 14 heavy (non-hydrogen) atoms. The number of nitrogens with zero attached hydrogens (tertiary/aromatic N) is 1. The molecule has 3 N–H and O–H groups in total. The summed E-state index contributed by atoms with van der Waals surface area (Å²) in [6, 6.07) is 0. The number of hydrogen-bond donors (Lipinski definition) is 2. The number of nitrogens with one attached hydrogen (secondary N) is 1. The third kappa shape index (κ3) is 3.64. The molecule has 1 amide bonds. The Labute approximate surface area is 85.8 Å². The van der Waals surface area contributed by atoms with Crippen molar-refractivity contribution in [3.05, 3.63) is 0 Å². The van der Waals surface area contributed by atoms with E-state index in [1.807, 2.05) is 4.90 Å². The van der Waals surface area contributed by atoms with Gasteiger partial charge in [-0.05, 0) is 18.8 Å². The summed E-state index contributed by atoms with van der Waals surface area (Å²) in [5.41, 5.74) is 5.32. The minimum Gasteiger partial charge on any atom is -0.342 e. The van der Waals surface area contributed by atoms with Crippen molar-refractivity contribution in [1.82, 2.24) is 10.2 Å². The van der Waals surface area contributed by atoms with Crippen LogP contribution in [-0.4, -0.2) is 43.5 Å². The second-order valence-electron chi connectivity index (χ2n) is 4.03. The van der Waals surface area contributed by atoms with Crippen LogP contribution in [0.4, 0.5) is 0 Å². The van der Waals surface area contributed by atoms with Gasteiger partial charge >= 0.3 is 0 Å². The molecule has 1 saturated heterocycles. The summed E-state index contributed by atoms with van der Waals surface area (Å²) in [5.74, 6) is 0.987. The van der Waals surface area contributed by atoms with Crippen LogP contribution >= 0.6 is 0 Å². The Balaban J connectivity index is 2.17. The zero-order valence-electron chi connectivity index (χ0n) is 8.96. The molecule has 0 bridgehead atoms. The highest BCUT2D eigenvalue weighted by molar-refractivity contribution is 5.78. The first-order valence-electron chi connectivity index (χ1n) is 5.42. The maximum atomic E-state index is 11.6. The van der Waals surface area contributed by atoms with E-state index in [2.05, 4.69) is 12.2 Å². The van der Waals surface area contributed by atoms with Gasteiger partial charge in [0, 0.05) is 26.2 Å². The van der Waals surface area contributed by atoms with E-state index in [0.29, 0.717) is 13.1 Å². The molecule has 0 aliphatic carbocycles. The van der Waals surface area contributed by atoms with Crippen molar-refractivity contribution in [2.45, 2.75) is 19.8 Å². The zero-order chi connectivity index (χ0) is 10.4.